The summed E-state index contributed by atoms with van der Waals surface area (Å²) >= 11 is 0. The topological polar surface area (TPSA) is 104 Å². The Labute approximate surface area is 210 Å². The van der Waals surface area contributed by atoms with Crippen molar-refractivity contribution in [3.8, 4) is 0 Å². The SMILES string of the molecule is Nc1ccc(CCCCc2ccc(N)cc2)cc1.Nc1ccc(CCCc2ccc(N)cc2)cc1. The lowest BCUT2D eigenvalue weighted by atomic mass is 10.0. The second kappa shape index (κ2) is 13.7. The Hall–Kier alpha value is -3.92. The van der Waals surface area contributed by atoms with Gasteiger partial charge in [-0.3, -0.25) is 0 Å². The van der Waals surface area contributed by atoms with Crippen LogP contribution in [-0.4, -0.2) is 0 Å². The maximum absolute atomic E-state index is 5.66. The first-order chi connectivity index (χ1) is 17.0. The molecule has 0 bridgehead atoms. The predicted molar refractivity (Wildman–Crippen MR) is 152 cm³/mol. The Balaban J connectivity index is 0.000000196. The predicted octanol–water partition coefficient (Wildman–Crippen LogP) is 6.44. The highest BCUT2D eigenvalue weighted by atomic mass is 14.5. The second-order valence-electron chi connectivity index (χ2n) is 9.03. The number of hydrogen-bond donors (Lipinski definition) is 4. The van der Waals surface area contributed by atoms with Gasteiger partial charge in [0.15, 0.2) is 0 Å². The Morgan fingerprint density at radius 1 is 0.286 bits per heavy atom. The van der Waals surface area contributed by atoms with Gasteiger partial charge in [-0.15, -0.1) is 0 Å². The van der Waals surface area contributed by atoms with Crippen molar-refractivity contribution in [1.29, 1.82) is 0 Å². The van der Waals surface area contributed by atoms with Gasteiger partial charge in [-0.05, 0) is 116 Å². The molecule has 0 unspecified atom stereocenters. The lowest BCUT2D eigenvalue weighted by Crippen LogP contribution is -1.92. The number of hydrogen-bond acceptors (Lipinski definition) is 4. The number of unbranched alkanes of at least 4 members (excludes halogenated alkanes) is 1. The molecule has 0 fully saturated rings. The van der Waals surface area contributed by atoms with Gasteiger partial charge in [-0.2, -0.15) is 0 Å². The highest BCUT2D eigenvalue weighted by Gasteiger charge is 1.97. The van der Waals surface area contributed by atoms with Crippen LogP contribution >= 0.6 is 0 Å². The highest BCUT2D eigenvalue weighted by molar-refractivity contribution is 5.41. The van der Waals surface area contributed by atoms with Crippen molar-refractivity contribution in [3.63, 3.8) is 0 Å². The standard InChI is InChI=1S/C16H20N2.C15H18N2/c17-15-9-5-13(6-10-15)3-1-2-4-14-7-11-16(18)12-8-14;16-14-8-4-12(5-9-14)2-1-3-13-6-10-15(17)11-7-13/h5-12H,1-4,17-18H2;4-11H,1-3,16-17H2. The minimum Gasteiger partial charge on any atom is -0.399 e. The largest absolute Gasteiger partial charge is 0.399 e. The summed E-state index contributed by atoms with van der Waals surface area (Å²) in [5.74, 6) is 0. The Kier molecular flexibility index (Phi) is 10.1. The van der Waals surface area contributed by atoms with Crippen LogP contribution in [0.3, 0.4) is 0 Å². The average Bonchev–Trinajstić information content (AvgIpc) is 2.87. The van der Waals surface area contributed by atoms with Gasteiger partial charge in [-0.1, -0.05) is 48.5 Å². The monoisotopic (exact) mass is 466 g/mol. The molecule has 4 nitrogen and oxygen atoms in total. The number of nitrogens with two attached hydrogens (primary N) is 4. The smallest absolute Gasteiger partial charge is 0.0314 e. The van der Waals surface area contributed by atoms with Crippen LogP contribution in [0.4, 0.5) is 22.7 Å². The second-order valence-corrected chi connectivity index (χ2v) is 9.03. The highest BCUT2D eigenvalue weighted by Crippen LogP contribution is 2.13. The number of rotatable bonds is 9. The molecule has 4 rings (SSSR count). The molecule has 0 spiro atoms. The quantitative estimate of drug-likeness (QED) is 0.168. The number of benzene rings is 4. The van der Waals surface area contributed by atoms with Gasteiger partial charge in [0.05, 0.1) is 0 Å². The number of anilines is 4. The van der Waals surface area contributed by atoms with Crippen LogP contribution in [0.25, 0.3) is 0 Å². The average molecular weight is 467 g/mol. The maximum atomic E-state index is 5.66. The van der Waals surface area contributed by atoms with E-state index in [-0.39, 0.29) is 0 Å². The van der Waals surface area contributed by atoms with Crippen molar-refractivity contribution in [2.45, 2.75) is 44.9 Å². The summed E-state index contributed by atoms with van der Waals surface area (Å²) in [5.41, 5.74) is 31.3. The van der Waals surface area contributed by atoms with Crippen LogP contribution in [0.5, 0.6) is 0 Å². The molecule has 0 heterocycles. The van der Waals surface area contributed by atoms with E-state index in [0.29, 0.717) is 0 Å². The third kappa shape index (κ3) is 9.85. The number of nitrogen functional groups attached to an aromatic ring is 4. The fourth-order valence-corrected chi connectivity index (χ4v) is 3.89. The van der Waals surface area contributed by atoms with Gasteiger partial charge in [-0.25, -0.2) is 0 Å². The van der Waals surface area contributed by atoms with Gasteiger partial charge < -0.3 is 22.9 Å². The summed E-state index contributed by atoms with van der Waals surface area (Å²) in [6.45, 7) is 0. The molecular formula is C31H38N4. The zero-order valence-electron chi connectivity index (χ0n) is 20.5. The lowest BCUT2D eigenvalue weighted by molar-refractivity contribution is 0.734. The van der Waals surface area contributed by atoms with E-state index in [1.165, 1.54) is 35.1 Å². The molecule has 8 N–H and O–H groups in total. The maximum Gasteiger partial charge on any atom is 0.0314 e. The normalized spacial score (nSPS) is 10.4. The van der Waals surface area contributed by atoms with E-state index < -0.39 is 0 Å². The molecule has 0 amide bonds. The Morgan fingerprint density at radius 3 is 0.714 bits per heavy atom. The van der Waals surface area contributed by atoms with Gasteiger partial charge in [0.25, 0.3) is 0 Å². The van der Waals surface area contributed by atoms with E-state index in [2.05, 4.69) is 48.5 Å². The molecule has 0 aliphatic heterocycles. The van der Waals surface area contributed by atoms with Crippen molar-refractivity contribution >= 4 is 22.7 Å². The van der Waals surface area contributed by atoms with Crippen molar-refractivity contribution in [2.75, 3.05) is 22.9 Å². The lowest BCUT2D eigenvalue weighted by Gasteiger charge is -2.03. The summed E-state index contributed by atoms with van der Waals surface area (Å²) < 4.78 is 0. The first-order valence-corrected chi connectivity index (χ1v) is 12.4. The summed E-state index contributed by atoms with van der Waals surface area (Å²) in [6, 6.07) is 32.5. The molecule has 35 heavy (non-hydrogen) atoms. The zero-order valence-corrected chi connectivity index (χ0v) is 20.5. The van der Waals surface area contributed by atoms with Crippen molar-refractivity contribution in [2.24, 2.45) is 0 Å². The molecule has 4 heteroatoms. The first-order valence-electron chi connectivity index (χ1n) is 12.4. The molecule has 0 aromatic heterocycles. The van der Waals surface area contributed by atoms with E-state index >= 15 is 0 Å². The van der Waals surface area contributed by atoms with Crippen LogP contribution in [0.1, 0.15) is 41.5 Å². The summed E-state index contributed by atoms with van der Waals surface area (Å²) in [6.07, 6.45) is 7.97. The van der Waals surface area contributed by atoms with Crippen LogP contribution in [-0.2, 0) is 25.7 Å². The molecular weight excluding hydrogens is 428 g/mol. The molecule has 0 aliphatic carbocycles. The summed E-state index contributed by atoms with van der Waals surface area (Å²) in [7, 11) is 0. The third-order valence-corrected chi connectivity index (χ3v) is 6.03. The fourth-order valence-electron chi connectivity index (χ4n) is 3.89. The number of aryl methyl sites for hydroxylation is 4. The Morgan fingerprint density at radius 2 is 0.486 bits per heavy atom. The van der Waals surface area contributed by atoms with Crippen LogP contribution in [0, 0.1) is 0 Å². The molecule has 0 aliphatic rings. The van der Waals surface area contributed by atoms with Crippen LogP contribution < -0.4 is 22.9 Å². The van der Waals surface area contributed by atoms with Gasteiger partial charge in [0.1, 0.15) is 0 Å². The van der Waals surface area contributed by atoms with Crippen molar-refractivity contribution in [3.05, 3.63) is 119 Å². The van der Waals surface area contributed by atoms with E-state index in [1.807, 2.05) is 48.5 Å². The van der Waals surface area contributed by atoms with Crippen LogP contribution in [0.15, 0.2) is 97.1 Å². The molecule has 0 radical (unpaired) electrons. The minimum absolute atomic E-state index is 0.826. The first kappa shape index (κ1) is 25.7. The molecule has 4 aromatic carbocycles. The van der Waals surface area contributed by atoms with Gasteiger partial charge in [0.2, 0.25) is 0 Å². The van der Waals surface area contributed by atoms with Crippen molar-refractivity contribution in [1.82, 2.24) is 0 Å². The molecule has 0 atom stereocenters. The van der Waals surface area contributed by atoms with Crippen LogP contribution in [0.2, 0.25) is 0 Å². The Bertz CT molecular complexity index is 1020. The summed E-state index contributed by atoms with van der Waals surface area (Å²) in [5, 5.41) is 0. The molecule has 0 saturated carbocycles. The molecule has 0 saturated heterocycles. The fraction of sp³-hybridized carbons (Fsp3) is 0.226. The summed E-state index contributed by atoms with van der Waals surface area (Å²) in [4.78, 5) is 0. The molecule has 182 valence electrons. The van der Waals surface area contributed by atoms with E-state index in [4.69, 9.17) is 22.9 Å². The van der Waals surface area contributed by atoms with Crippen molar-refractivity contribution < 1.29 is 0 Å². The van der Waals surface area contributed by atoms with E-state index in [9.17, 15) is 0 Å². The third-order valence-electron chi connectivity index (χ3n) is 6.03. The molecule has 4 aromatic rings. The minimum atomic E-state index is 0.826. The van der Waals surface area contributed by atoms with E-state index in [1.54, 1.807) is 0 Å². The van der Waals surface area contributed by atoms with Gasteiger partial charge >= 0.3 is 0 Å². The zero-order chi connectivity index (χ0) is 24.9. The van der Waals surface area contributed by atoms with E-state index in [0.717, 1.165) is 54.9 Å². The van der Waals surface area contributed by atoms with Gasteiger partial charge in [0, 0.05) is 22.7 Å².